The number of nitrogens with zero attached hydrogens (tertiary/aromatic N) is 2. The van der Waals surface area contributed by atoms with E-state index in [1.807, 2.05) is 26.0 Å². The fraction of sp³-hybridized carbons (Fsp3) is 0.323. The fourth-order valence-electron chi connectivity index (χ4n) is 4.57. The zero-order valence-electron chi connectivity index (χ0n) is 23.2. The molecule has 0 aliphatic carbocycles. The van der Waals surface area contributed by atoms with Crippen molar-refractivity contribution in [3.8, 4) is 5.75 Å². The first-order chi connectivity index (χ1) is 19.6. The van der Waals surface area contributed by atoms with Crippen LogP contribution in [0.1, 0.15) is 43.4 Å². The molecule has 0 bridgehead atoms. The molecule has 0 radical (unpaired) electrons. The molecule has 3 aromatic carbocycles. The molecule has 0 unspecified atom stereocenters. The summed E-state index contributed by atoms with van der Waals surface area (Å²) in [5.41, 5.74) is 6.50. The number of ether oxygens (including phenoxy) is 1. The first-order valence-corrected chi connectivity index (χ1v) is 14.2. The highest BCUT2D eigenvalue weighted by molar-refractivity contribution is 6.31. The maximum Gasteiger partial charge on any atom is 0.265 e. The van der Waals surface area contributed by atoms with Gasteiger partial charge < -0.3 is 10.1 Å². The number of likely N-dealkylation sites (tertiary alicyclic amines) is 1. The Kier molecular flexibility index (Phi) is 10.4. The van der Waals surface area contributed by atoms with Crippen LogP contribution in [0.4, 0.5) is 10.1 Å². The number of carbonyl (C=O) groups is 2. The average molecular weight is 600 g/mol. The highest BCUT2D eigenvalue weighted by atomic mass is 35.5. The van der Waals surface area contributed by atoms with Crippen LogP contribution in [-0.4, -0.2) is 41.6 Å². The molecule has 2 amide bonds. The van der Waals surface area contributed by atoms with E-state index in [1.165, 1.54) is 12.1 Å². The van der Waals surface area contributed by atoms with Gasteiger partial charge in [-0.2, -0.15) is 5.10 Å². The third-order valence-corrected chi connectivity index (χ3v) is 7.67. The second kappa shape index (κ2) is 13.9. The number of carbonyl (C=O) groups excluding carboxylic acids is 2. The van der Waals surface area contributed by atoms with Crippen LogP contribution < -0.4 is 15.5 Å². The van der Waals surface area contributed by atoms with Crippen LogP contribution >= 0.6 is 23.2 Å². The molecular weight excluding hydrogens is 566 g/mol. The summed E-state index contributed by atoms with van der Waals surface area (Å²) >= 11 is 12.1. The van der Waals surface area contributed by atoms with Gasteiger partial charge in [0.1, 0.15) is 11.6 Å². The molecule has 1 saturated heterocycles. The molecule has 3 aromatic rings. The number of benzene rings is 3. The molecule has 216 valence electrons. The fourth-order valence-corrected chi connectivity index (χ4v) is 5.02. The van der Waals surface area contributed by atoms with Crippen molar-refractivity contribution in [2.75, 3.05) is 18.4 Å². The van der Waals surface area contributed by atoms with Gasteiger partial charge in [0.2, 0.25) is 5.91 Å². The van der Waals surface area contributed by atoms with E-state index in [0.717, 1.165) is 29.8 Å². The van der Waals surface area contributed by atoms with E-state index in [-0.39, 0.29) is 23.5 Å². The Morgan fingerprint density at radius 1 is 1.07 bits per heavy atom. The summed E-state index contributed by atoms with van der Waals surface area (Å²) in [7, 11) is 0. The number of aryl methyl sites for hydroxylation is 1. The van der Waals surface area contributed by atoms with Gasteiger partial charge in [0.15, 0.2) is 6.10 Å². The van der Waals surface area contributed by atoms with E-state index in [2.05, 4.69) is 20.7 Å². The lowest BCUT2D eigenvalue weighted by Gasteiger charge is -2.31. The molecule has 7 nitrogen and oxygen atoms in total. The van der Waals surface area contributed by atoms with E-state index in [1.54, 1.807) is 43.3 Å². The third-order valence-electron chi connectivity index (χ3n) is 7.08. The summed E-state index contributed by atoms with van der Waals surface area (Å²) < 4.78 is 19.1. The van der Waals surface area contributed by atoms with Gasteiger partial charge in [0, 0.05) is 28.2 Å². The Hall–Kier alpha value is -3.46. The number of piperidine rings is 1. The molecule has 1 heterocycles. The highest BCUT2D eigenvalue weighted by Gasteiger charge is 2.25. The Morgan fingerprint density at radius 2 is 1.78 bits per heavy atom. The number of rotatable bonds is 9. The normalized spacial score (nSPS) is 15.3. The minimum atomic E-state index is -0.708. The van der Waals surface area contributed by atoms with Gasteiger partial charge in [-0.1, -0.05) is 41.4 Å². The van der Waals surface area contributed by atoms with E-state index < -0.39 is 6.10 Å². The summed E-state index contributed by atoms with van der Waals surface area (Å²) in [5, 5.41) is 8.16. The number of anilines is 1. The molecule has 2 N–H and O–H groups in total. The summed E-state index contributed by atoms with van der Waals surface area (Å²) in [5.74, 6) is -0.283. The van der Waals surface area contributed by atoms with Gasteiger partial charge in [-0.25, -0.2) is 9.82 Å². The predicted molar refractivity (Wildman–Crippen MR) is 161 cm³/mol. The Labute approximate surface area is 249 Å². The summed E-state index contributed by atoms with van der Waals surface area (Å²) in [6.07, 6.45) is 0.696. The monoisotopic (exact) mass is 598 g/mol. The molecule has 0 saturated carbocycles. The Bertz CT molecular complexity index is 1420. The number of hydrogen-bond donors (Lipinski definition) is 2. The average Bonchev–Trinajstić information content (AvgIpc) is 2.95. The van der Waals surface area contributed by atoms with Gasteiger partial charge in [-0.3, -0.25) is 14.5 Å². The maximum absolute atomic E-state index is 13.3. The quantitative estimate of drug-likeness (QED) is 0.215. The molecule has 0 spiro atoms. The van der Waals surface area contributed by atoms with Crippen molar-refractivity contribution in [1.82, 2.24) is 10.3 Å². The SMILES string of the molecule is C/C(=N\NC(=O)C1CCN(Cc2ccc(F)cc2Cl)CC1)c1ccc(NC(=O)[C@H](C)Oc2ccc(Cl)cc2C)cc1. The number of hydrazone groups is 1. The molecule has 4 rings (SSSR count). The van der Waals surface area contributed by atoms with Gasteiger partial charge in [0.25, 0.3) is 5.91 Å². The van der Waals surface area contributed by atoms with Crippen LogP contribution in [0.2, 0.25) is 10.0 Å². The van der Waals surface area contributed by atoms with Crippen molar-refractivity contribution in [1.29, 1.82) is 0 Å². The number of hydrogen-bond acceptors (Lipinski definition) is 5. The van der Waals surface area contributed by atoms with Crippen molar-refractivity contribution >= 4 is 46.4 Å². The van der Waals surface area contributed by atoms with Crippen LogP contribution in [0.3, 0.4) is 0 Å². The minimum Gasteiger partial charge on any atom is -0.481 e. The first-order valence-electron chi connectivity index (χ1n) is 13.4. The van der Waals surface area contributed by atoms with Crippen molar-refractivity contribution in [3.05, 3.63) is 93.2 Å². The zero-order valence-corrected chi connectivity index (χ0v) is 24.7. The second-order valence-corrected chi connectivity index (χ2v) is 11.0. The van der Waals surface area contributed by atoms with E-state index in [4.69, 9.17) is 27.9 Å². The molecule has 1 aliphatic heterocycles. The Balaban J connectivity index is 1.23. The number of nitrogens with one attached hydrogen (secondary N) is 2. The predicted octanol–water partition coefficient (Wildman–Crippen LogP) is 6.60. The van der Waals surface area contributed by atoms with Gasteiger partial charge in [-0.15, -0.1) is 0 Å². The topological polar surface area (TPSA) is 83.0 Å². The molecule has 1 atom stereocenters. The van der Waals surface area contributed by atoms with Crippen LogP contribution in [0.15, 0.2) is 65.8 Å². The second-order valence-electron chi connectivity index (χ2n) is 10.2. The molecule has 41 heavy (non-hydrogen) atoms. The summed E-state index contributed by atoms with van der Waals surface area (Å²) in [4.78, 5) is 27.6. The number of amides is 2. The third kappa shape index (κ3) is 8.52. The van der Waals surface area contributed by atoms with Crippen LogP contribution in [0.5, 0.6) is 5.75 Å². The van der Waals surface area contributed by atoms with E-state index >= 15 is 0 Å². The molecule has 1 fully saturated rings. The lowest BCUT2D eigenvalue weighted by Crippen LogP contribution is -2.39. The van der Waals surface area contributed by atoms with Gasteiger partial charge in [0.05, 0.1) is 5.71 Å². The summed E-state index contributed by atoms with van der Waals surface area (Å²) in [6.45, 7) is 7.47. The van der Waals surface area contributed by atoms with Crippen molar-refractivity contribution in [2.24, 2.45) is 11.0 Å². The molecular formula is C31H33Cl2FN4O3. The van der Waals surface area contributed by atoms with Gasteiger partial charge in [-0.05, 0) is 106 Å². The molecule has 0 aromatic heterocycles. The highest BCUT2D eigenvalue weighted by Crippen LogP contribution is 2.24. The lowest BCUT2D eigenvalue weighted by molar-refractivity contribution is -0.126. The van der Waals surface area contributed by atoms with Crippen LogP contribution in [0.25, 0.3) is 0 Å². The lowest BCUT2D eigenvalue weighted by atomic mass is 9.96. The zero-order chi connectivity index (χ0) is 29.5. The summed E-state index contributed by atoms with van der Waals surface area (Å²) in [6, 6.07) is 16.9. The minimum absolute atomic E-state index is 0.113. The standard InChI is InChI=1S/C31H33Cl2FN4O3/c1-19-16-25(32)7-11-29(19)41-21(3)30(39)35-27-9-5-22(6-10-27)20(2)36-37-31(40)23-12-14-38(15-13-23)18-24-4-8-26(34)17-28(24)33/h4-11,16-17,21,23H,12-15,18H2,1-3H3,(H,35,39)(H,37,40)/b36-20+/t21-/m0/s1. The number of halogens is 3. The van der Waals surface area contributed by atoms with Crippen molar-refractivity contribution < 1.29 is 18.7 Å². The maximum atomic E-state index is 13.3. The van der Waals surface area contributed by atoms with Crippen LogP contribution in [0, 0.1) is 18.7 Å². The first kappa shape index (κ1) is 30.5. The van der Waals surface area contributed by atoms with Crippen molar-refractivity contribution in [2.45, 2.75) is 46.3 Å². The van der Waals surface area contributed by atoms with E-state index in [0.29, 0.717) is 46.6 Å². The smallest absolute Gasteiger partial charge is 0.265 e. The Morgan fingerprint density at radius 3 is 2.44 bits per heavy atom. The largest absolute Gasteiger partial charge is 0.481 e. The van der Waals surface area contributed by atoms with E-state index in [9.17, 15) is 14.0 Å². The molecule has 10 heteroatoms. The van der Waals surface area contributed by atoms with Crippen LogP contribution in [-0.2, 0) is 16.1 Å². The van der Waals surface area contributed by atoms with Crippen molar-refractivity contribution in [3.63, 3.8) is 0 Å². The molecule has 1 aliphatic rings. The van der Waals surface area contributed by atoms with Gasteiger partial charge >= 0.3 is 0 Å².